The maximum atomic E-state index is 11.7. The third-order valence-electron chi connectivity index (χ3n) is 2.42. The van der Waals surface area contributed by atoms with Gasteiger partial charge in [-0.3, -0.25) is 4.79 Å². The van der Waals surface area contributed by atoms with Crippen molar-refractivity contribution in [3.63, 3.8) is 0 Å². The van der Waals surface area contributed by atoms with Crippen molar-refractivity contribution >= 4 is 17.7 Å². The summed E-state index contributed by atoms with van der Waals surface area (Å²) in [5.74, 6) is -2.86. The number of ketones is 1. The number of ether oxygens (including phenoxy) is 1. The number of carbonyl (C=O) groups excluding carboxylic acids is 3. The Hall–Kier alpha value is -2.01. The summed E-state index contributed by atoms with van der Waals surface area (Å²) < 4.78 is 4.53. The molecule has 2 aromatic rings. The number of carbonyl (C=O) groups is 3. The van der Waals surface area contributed by atoms with Crippen LogP contribution in [0.5, 0.6) is 0 Å². The van der Waals surface area contributed by atoms with E-state index in [0.717, 1.165) is 0 Å². The van der Waals surface area contributed by atoms with E-state index >= 15 is 0 Å². The molecule has 0 aliphatic heterocycles. The number of benzene rings is 2. The molecule has 20 heavy (non-hydrogen) atoms. The quantitative estimate of drug-likeness (QED) is 0.276. The van der Waals surface area contributed by atoms with Gasteiger partial charge in [-0.1, -0.05) is 48.5 Å². The van der Waals surface area contributed by atoms with Crippen LogP contribution in [0.2, 0.25) is 0 Å². The van der Waals surface area contributed by atoms with E-state index in [0.29, 0.717) is 0 Å². The predicted octanol–water partition coefficient (Wildman–Crippen LogP) is 2.25. The van der Waals surface area contributed by atoms with Gasteiger partial charge in [0.1, 0.15) is 0 Å². The molecule has 0 amide bonds. The zero-order chi connectivity index (χ0) is 13.7. The minimum absolute atomic E-state index is 0. The molecular weight excluding hydrogens is 352 g/mol. The third kappa shape index (κ3) is 3.99. The van der Waals surface area contributed by atoms with Crippen LogP contribution in [0.25, 0.3) is 0 Å². The Balaban J connectivity index is 0.00000200. The fourth-order valence-corrected chi connectivity index (χ4v) is 1.47. The predicted molar refractivity (Wildman–Crippen MR) is 67.6 cm³/mol. The van der Waals surface area contributed by atoms with Crippen molar-refractivity contribution < 1.29 is 41.5 Å². The Kier molecular flexibility index (Phi) is 6.06. The topological polar surface area (TPSA) is 60.4 Å². The number of Topliss-reactive ketones (excluding diaryl/α,β-unsaturated/α-hetero) is 1. The molecule has 2 aromatic carbocycles. The van der Waals surface area contributed by atoms with Gasteiger partial charge in [-0.2, -0.15) is 0 Å². The summed E-state index contributed by atoms with van der Waals surface area (Å²) in [6.45, 7) is 0. The molecule has 0 spiro atoms. The number of rotatable bonds is 3. The standard InChI is InChI=1S/C15H10O4.Ag/c16-13(11-7-3-1-4-8-11)15(18)19-14(17)12-9-5-2-6-10-12;/h1-10H;. The van der Waals surface area contributed by atoms with Crippen LogP contribution in [0.15, 0.2) is 60.7 Å². The molecule has 0 aliphatic rings. The van der Waals surface area contributed by atoms with E-state index in [4.69, 9.17) is 0 Å². The van der Waals surface area contributed by atoms with E-state index in [9.17, 15) is 14.4 Å². The first-order valence-corrected chi connectivity index (χ1v) is 5.59. The molecule has 0 aromatic heterocycles. The van der Waals surface area contributed by atoms with Crippen molar-refractivity contribution in [1.29, 1.82) is 0 Å². The van der Waals surface area contributed by atoms with Crippen molar-refractivity contribution in [2.24, 2.45) is 0 Å². The van der Waals surface area contributed by atoms with Gasteiger partial charge in [0, 0.05) is 27.9 Å². The second-order valence-electron chi connectivity index (χ2n) is 3.74. The van der Waals surface area contributed by atoms with Gasteiger partial charge in [-0.15, -0.1) is 0 Å². The van der Waals surface area contributed by atoms with Crippen LogP contribution >= 0.6 is 0 Å². The van der Waals surface area contributed by atoms with Crippen molar-refractivity contribution in [1.82, 2.24) is 0 Å². The summed E-state index contributed by atoms with van der Waals surface area (Å²) in [6, 6.07) is 15.9. The largest absolute Gasteiger partial charge is 0.387 e. The molecule has 2 rings (SSSR count). The first kappa shape index (κ1) is 16.0. The molecule has 0 saturated heterocycles. The zero-order valence-corrected chi connectivity index (χ0v) is 11.7. The molecule has 0 bridgehead atoms. The Labute approximate surface area is 131 Å². The number of esters is 2. The fraction of sp³-hybridized carbons (Fsp3) is 0. The second-order valence-corrected chi connectivity index (χ2v) is 3.74. The number of hydrogen-bond donors (Lipinski definition) is 0. The molecule has 4 nitrogen and oxygen atoms in total. The zero-order valence-electron chi connectivity index (χ0n) is 10.2. The van der Waals surface area contributed by atoms with E-state index in [-0.39, 0.29) is 33.5 Å². The Bertz CT molecular complexity index is 608. The molecule has 0 fully saturated rings. The average Bonchev–Trinajstić information content (AvgIpc) is 2.48. The molecule has 0 aliphatic carbocycles. The SMILES string of the molecule is O=C(OC(=O)c1ccccc1)C(=O)c1ccccc1.[Ag]. The maximum Gasteiger partial charge on any atom is 0.387 e. The maximum absolute atomic E-state index is 11.7. The van der Waals surface area contributed by atoms with Crippen LogP contribution in [0.4, 0.5) is 0 Å². The molecule has 1 radical (unpaired) electrons. The summed E-state index contributed by atoms with van der Waals surface area (Å²) >= 11 is 0. The van der Waals surface area contributed by atoms with Gasteiger partial charge in [0.05, 0.1) is 5.56 Å². The van der Waals surface area contributed by atoms with Crippen molar-refractivity contribution in [3.05, 3.63) is 71.8 Å². The van der Waals surface area contributed by atoms with E-state index in [1.165, 1.54) is 24.3 Å². The van der Waals surface area contributed by atoms with Gasteiger partial charge in [-0.05, 0) is 12.1 Å². The summed E-state index contributed by atoms with van der Waals surface area (Å²) in [5, 5.41) is 0. The fourth-order valence-electron chi connectivity index (χ4n) is 1.47. The van der Waals surface area contributed by atoms with Gasteiger partial charge >= 0.3 is 11.9 Å². The minimum atomic E-state index is -1.18. The van der Waals surface area contributed by atoms with Crippen molar-refractivity contribution in [2.45, 2.75) is 0 Å². The van der Waals surface area contributed by atoms with Crippen LogP contribution in [0.1, 0.15) is 20.7 Å². The van der Waals surface area contributed by atoms with E-state index < -0.39 is 17.7 Å². The summed E-state index contributed by atoms with van der Waals surface area (Å²) in [6.07, 6.45) is 0. The van der Waals surface area contributed by atoms with Crippen molar-refractivity contribution in [3.8, 4) is 0 Å². The molecule has 0 heterocycles. The second kappa shape index (κ2) is 7.55. The molecule has 5 heteroatoms. The third-order valence-corrected chi connectivity index (χ3v) is 2.42. The van der Waals surface area contributed by atoms with E-state index in [1.807, 2.05) is 0 Å². The van der Waals surface area contributed by atoms with Crippen LogP contribution in [-0.2, 0) is 31.9 Å². The van der Waals surface area contributed by atoms with Gasteiger partial charge in [0.15, 0.2) is 0 Å². The average molecular weight is 362 g/mol. The van der Waals surface area contributed by atoms with Crippen LogP contribution in [0.3, 0.4) is 0 Å². The monoisotopic (exact) mass is 361 g/mol. The van der Waals surface area contributed by atoms with Gasteiger partial charge < -0.3 is 4.74 Å². The normalized spacial score (nSPS) is 9.20. The molecule has 105 valence electrons. The molecular formula is C15H10AgO4. The molecule has 0 atom stereocenters. The van der Waals surface area contributed by atoms with E-state index in [1.54, 1.807) is 36.4 Å². The Morgan fingerprint density at radius 2 is 1.15 bits per heavy atom. The molecule has 0 saturated carbocycles. The molecule has 0 unspecified atom stereocenters. The first-order chi connectivity index (χ1) is 9.18. The minimum Gasteiger partial charge on any atom is -0.383 e. The first-order valence-electron chi connectivity index (χ1n) is 5.59. The molecule has 0 N–H and O–H groups in total. The Morgan fingerprint density at radius 3 is 1.65 bits per heavy atom. The summed E-state index contributed by atoms with van der Waals surface area (Å²) in [4.78, 5) is 34.8. The van der Waals surface area contributed by atoms with Crippen LogP contribution < -0.4 is 0 Å². The van der Waals surface area contributed by atoms with E-state index in [2.05, 4.69) is 4.74 Å². The number of hydrogen-bond acceptors (Lipinski definition) is 4. The van der Waals surface area contributed by atoms with Crippen LogP contribution in [-0.4, -0.2) is 17.7 Å². The van der Waals surface area contributed by atoms with Gasteiger partial charge in [0.2, 0.25) is 0 Å². The Morgan fingerprint density at radius 1 is 0.700 bits per heavy atom. The van der Waals surface area contributed by atoms with Gasteiger partial charge in [-0.25, -0.2) is 9.59 Å². The summed E-state index contributed by atoms with van der Waals surface area (Å²) in [5.41, 5.74) is 0.407. The van der Waals surface area contributed by atoms with Crippen LogP contribution in [0, 0.1) is 0 Å². The van der Waals surface area contributed by atoms with Crippen molar-refractivity contribution in [2.75, 3.05) is 0 Å². The smallest absolute Gasteiger partial charge is 0.383 e. The summed E-state index contributed by atoms with van der Waals surface area (Å²) in [7, 11) is 0. The van der Waals surface area contributed by atoms with Gasteiger partial charge in [0.25, 0.3) is 5.78 Å².